The summed E-state index contributed by atoms with van der Waals surface area (Å²) in [7, 11) is 1.59. The summed E-state index contributed by atoms with van der Waals surface area (Å²) in [6, 6.07) is 3.59. The average molecular weight is 293 g/mol. The van der Waals surface area contributed by atoms with Crippen LogP contribution in [-0.2, 0) is 9.53 Å². The number of carbonyl (C=O) groups is 2. The van der Waals surface area contributed by atoms with Crippen LogP contribution in [-0.4, -0.2) is 36.3 Å². The van der Waals surface area contributed by atoms with Crippen LogP contribution in [0, 0.1) is 0 Å². The number of rotatable bonds is 6. The van der Waals surface area contributed by atoms with Gasteiger partial charge in [-0.05, 0) is 42.5 Å². The number of imide groups is 1. The first kappa shape index (κ1) is 14.6. The van der Waals surface area contributed by atoms with Gasteiger partial charge in [-0.2, -0.15) is 0 Å². The second kappa shape index (κ2) is 7.12. The molecule has 1 fully saturated rings. The SMILES string of the molecule is COCCCN1C(=O)S/C(=C/C=C/c2ccco2)C1=O. The van der Waals surface area contributed by atoms with E-state index in [0.29, 0.717) is 30.2 Å². The third kappa shape index (κ3) is 3.61. The van der Waals surface area contributed by atoms with Crippen molar-refractivity contribution in [1.82, 2.24) is 4.90 Å². The fourth-order valence-corrected chi connectivity index (χ4v) is 2.51. The van der Waals surface area contributed by atoms with Gasteiger partial charge in [-0.15, -0.1) is 0 Å². The number of methoxy groups -OCH3 is 1. The van der Waals surface area contributed by atoms with Gasteiger partial charge in [0.1, 0.15) is 5.76 Å². The van der Waals surface area contributed by atoms with Crippen LogP contribution in [0.2, 0.25) is 0 Å². The van der Waals surface area contributed by atoms with E-state index in [4.69, 9.17) is 9.15 Å². The van der Waals surface area contributed by atoms with Gasteiger partial charge in [0.05, 0.1) is 11.2 Å². The molecule has 5 nitrogen and oxygen atoms in total. The summed E-state index contributed by atoms with van der Waals surface area (Å²) in [6.07, 6.45) is 7.28. The molecule has 1 aliphatic rings. The van der Waals surface area contributed by atoms with Crippen molar-refractivity contribution in [2.24, 2.45) is 0 Å². The number of furan rings is 1. The van der Waals surface area contributed by atoms with Crippen LogP contribution in [0.15, 0.2) is 39.9 Å². The van der Waals surface area contributed by atoms with Gasteiger partial charge in [0, 0.05) is 20.3 Å². The first-order valence-corrected chi connectivity index (χ1v) is 6.98. The summed E-state index contributed by atoms with van der Waals surface area (Å²) in [4.78, 5) is 25.4. The zero-order valence-electron chi connectivity index (χ0n) is 11.1. The highest BCUT2D eigenvalue weighted by atomic mass is 32.2. The number of allylic oxidation sites excluding steroid dienone is 2. The van der Waals surface area contributed by atoms with Crippen LogP contribution < -0.4 is 0 Å². The van der Waals surface area contributed by atoms with Crippen LogP contribution in [0.5, 0.6) is 0 Å². The number of hydrogen-bond donors (Lipinski definition) is 0. The lowest BCUT2D eigenvalue weighted by atomic mass is 10.3. The fourth-order valence-electron chi connectivity index (χ4n) is 1.69. The summed E-state index contributed by atoms with van der Waals surface area (Å²) >= 11 is 0.953. The summed E-state index contributed by atoms with van der Waals surface area (Å²) in [5.41, 5.74) is 0. The van der Waals surface area contributed by atoms with Crippen molar-refractivity contribution in [3.63, 3.8) is 0 Å². The largest absolute Gasteiger partial charge is 0.465 e. The maximum atomic E-state index is 12.0. The molecule has 0 unspecified atom stereocenters. The van der Waals surface area contributed by atoms with Gasteiger partial charge in [0.15, 0.2) is 0 Å². The molecule has 2 rings (SSSR count). The Balaban J connectivity index is 1.96. The van der Waals surface area contributed by atoms with Crippen molar-refractivity contribution in [3.05, 3.63) is 41.2 Å². The molecule has 1 aromatic rings. The van der Waals surface area contributed by atoms with Gasteiger partial charge in [-0.1, -0.05) is 6.08 Å². The first-order chi connectivity index (χ1) is 9.72. The molecular formula is C14H15NO4S. The van der Waals surface area contributed by atoms with Crippen LogP contribution in [0.4, 0.5) is 4.79 Å². The fraction of sp³-hybridized carbons (Fsp3) is 0.286. The molecule has 0 aromatic carbocycles. The lowest BCUT2D eigenvalue weighted by Gasteiger charge is -2.11. The molecule has 0 saturated carbocycles. The van der Waals surface area contributed by atoms with Crippen molar-refractivity contribution in [2.45, 2.75) is 6.42 Å². The van der Waals surface area contributed by atoms with Crippen molar-refractivity contribution in [2.75, 3.05) is 20.3 Å². The normalized spacial score (nSPS) is 17.9. The number of carbonyl (C=O) groups excluding carboxylic acids is 2. The molecule has 0 spiro atoms. The molecular weight excluding hydrogens is 278 g/mol. The Morgan fingerprint density at radius 3 is 3.00 bits per heavy atom. The van der Waals surface area contributed by atoms with E-state index in [2.05, 4.69) is 0 Å². The van der Waals surface area contributed by atoms with Crippen molar-refractivity contribution < 1.29 is 18.7 Å². The molecule has 0 aliphatic carbocycles. The smallest absolute Gasteiger partial charge is 0.293 e. The quantitative estimate of drug-likeness (QED) is 0.596. The minimum Gasteiger partial charge on any atom is -0.465 e. The second-order valence-electron chi connectivity index (χ2n) is 4.08. The molecule has 106 valence electrons. The van der Waals surface area contributed by atoms with Crippen LogP contribution in [0.3, 0.4) is 0 Å². The predicted molar refractivity (Wildman–Crippen MR) is 77.0 cm³/mol. The highest BCUT2D eigenvalue weighted by Gasteiger charge is 2.33. The third-order valence-corrected chi connectivity index (χ3v) is 3.58. The molecule has 20 heavy (non-hydrogen) atoms. The standard InChI is InChI=1S/C14H15NO4S/c1-18-9-4-8-15-13(16)12(20-14(15)17)7-2-5-11-6-3-10-19-11/h2-3,5-7,10H,4,8-9H2,1H3/b5-2+,12-7+. The Kier molecular flexibility index (Phi) is 5.20. The van der Waals surface area contributed by atoms with E-state index in [0.717, 1.165) is 11.8 Å². The molecule has 2 heterocycles. The molecule has 0 N–H and O–H groups in total. The van der Waals surface area contributed by atoms with E-state index in [1.54, 1.807) is 43.7 Å². The van der Waals surface area contributed by atoms with Crippen LogP contribution >= 0.6 is 11.8 Å². The van der Waals surface area contributed by atoms with Gasteiger partial charge in [-0.25, -0.2) is 0 Å². The van der Waals surface area contributed by atoms with Gasteiger partial charge in [-0.3, -0.25) is 14.5 Å². The van der Waals surface area contributed by atoms with Crippen LogP contribution in [0.1, 0.15) is 12.2 Å². The average Bonchev–Trinajstić information content (AvgIpc) is 3.03. The maximum absolute atomic E-state index is 12.0. The summed E-state index contributed by atoms with van der Waals surface area (Å²) in [5, 5.41) is -0.233. The predicted octanol–water partition coefficient (Wildman–Crippen LogP) is 2.91. The van der Waals surface area contributed by atoms with E-state index in [-0.39, 0.29) is 11.1 Å². The Hall–Kier alpha value is -1.79. The number of thioether (sulfide) groups is 1. The first-order valence-electron chi connectivity index (χ1n) is 6.17. The summed E-state index contributed by atoms with van der Waals surface area (Å²) in [6.45, 7) is 0.914. The van der Waals surface area contributed by atoms with E-state index in [9.17, 15) is 9.59 Å². The molecule has 1 aromatic heterocycles. The van der Waals surface area contributed by atoms with Crippen molar-refractivity contribution in [3.8, 4) is 0 Å². The topological polar surface area (TPSA) is 59.8 Å². The van der Waals surface area contributed by atoms with Gasteiger partial charge in [0.2, 0.25) is 0 Å². The summed E-state index contributed by atoms with van der Waals surface area (Å²) in [5.74, 6) is 0.445. The molecule has 1 aliphatic heterocycles. The van der Waals surface area contributed by atoms with E-state index in [1.807, 2.05) is 0 Å². The lowest BCUT2D eigenvalue weighted by molar-refractivity contribution is -0.122. The zero-order valence-corrected chi connectivity index (χ0v) is 11.9. The third-order valence-electron chi connectivity index (χ3n) is 2.66. The molecule has 0 bridgehead atoms. The second-order valence-corrected chi connectivity index (χ2v) is 5.07. The monoisotopic (exact) mass is 293 g/mol. The molecule has 0 radical (unpaired) electrons. The maximum Gasteiger partial charge on any atom is 0.293 e. The minimum absolute atomic E-state index is 0.233. The Morgan fingerprint density at radius 2 is 2.30 bits per heavy atom. The zero-order chi connectivity index (χ0) is 14.4. The number of hydrogen-bond acceptors (Lipinski definition) is 5. The minimum atomic E-state index is -0.250. The molecule has 1 saturated heterocycles. The molecule has 2 amide bonds. The summed E-state index contributed by atoms with van der Waals surface area (Å²) < 4.78 is 10.0. The van der Waals surface area contributed by atoms with Gasteiger partial charge < -0.3 is 9.15 Å². The van der Waals surface area contributed by atoms with Crippen molar-refractivity contribution in [1.29, 1.82) is 0 Å². The van der Waals surface area contributed by atoms with Gasteiger partial charge >= 0.3 is 0 Å². The lowest BCUT2D eigenvalue weighted by Crippen LogP contribution is -2.29. The Morgan fingerprint density at radius 1 is 1.45 bits per heavy atom. The highest BCUT2D eigenvalue weighted by molar-refractivity contribution is 8.18. The van der Waals surface area contributed by atoms with E-state index in [1.165, 1.54) is 4.90 Å². The number of amides is 2. The van der Waals surface area contributed by atoms with E-state index < -0.39 is 0 Å². The highest BCUT2D eigenvalue weighted by Crippen LogP contribution is 2.30. The van der Waals surface area contributed by atoms with Gasteiger partial charge in [0.25, 0.3) is 11.1 Å². The number of ether oxygens (including phenoxy) is 1. The van der Waals surface area contributed by atoms with Crippen LogP contribution in [0.25, 0.3) is 6.08 Å². The number of nitrogens with zero attached hydrogens (tertiary/aromatic N) is 1. The molecule has 0 atom stereocenters. The Labute approximate surface area is 121 Å². The van der Waals surface area contributed by atoms with Crippen molar-refractivity contribution >= 4 is 29.0 Å². The molecule has 6 heteroatoms. The van der Waals surface area contributed by atoms with E-state index >= 15 is 0 Å². The Bertz CT molecular complexity index is 533.